The lowest BCUT2D eigenvalue weighted by molar-refractivity contribution is 0.0955. The van der Waals surface area contributed by atoms with Crippen molar-refractivity contribution in [1.29, 1.82) is 0 Å². The highest BCUT2D eigenvalue weighted by Crippen LogP contribution is 2.28. The lowest BCUT2D eigenvalue weighted by atomic mass is 10.2. The van der Waals surface area contributed by atoms with Gasteiger partial charge in [0.1, 0.15) is 6.61 Å². The van der Waals surface area contributed by atoms with E-state index in [2.05, 4.69) is 10.5 Å². The molecule has 3 aromatic carbocycles. The second kappa shape index (κ2) is 9.20. The van der Waals surface area contributed by atoms with Crippen LogP contribution in [0.5, 0.6) is 11.5 Å². The van der Waals surface area contributed by atoms with Crippen molar-refractivity contribution in [3.05, 3.63) is 95.6 Å². The van der Waals surface area contributed by atoms with Gasteiger partial charge >= 0.3 is 0 Å². The Hall–Kier alpha value is -3.60. The summed E-state index contributed by atoms with van der Waals surface area (Å²) in [5.41, 5.74) is 4.91. The van der Waals surface area contributed by atoms with Gasteiger partial charge in [-0.15, -0.1) is 0 Å². The maximum Gasteiger partial charge on any atom is 0.271 e. The number of carbonyl (C=O) groups is 1. The van der Waals surface area contributed by atoms with Crippen LogP contribution >= 0.6 is 0 Å². The number of nitrogens with one attached hydrogen (secondary N) is 1. The molecule has 0 radical (unpaired) electrons. The van der Waals surface area contributed by atoms with E-state index in [9.17, 15) is 4.79 Å². The van der Waals surface area contributed by atoms with E-state index in [1.807, 2.05) is 48.5 Å². The van der Waals surface area contributed by atoms with Gasteiger partial charge in [-0.2, -0.15) is 5.10 Å². The van der Waals surface area contributed by atoms with Gasteiger partial charge in [-0.1, -0.05) is 48.5 Å². The predicted octanol–water partition coefficient (Wildman–Crippen LogP) is 4.04. The van der Waals surface area contributed by atoms with E-state index in [1.54, 1.807) is 43.7 Å². The second-order valence-electron chi connectivity index (χ2n) is 5.75. The Balaban J connectivity index is 1.66. The largest absolute Gasteiger partial charge is 0.493 e. The van der Waals surface area contributed by atoms with Gasteiger partial charge in [0, 0.05) is 5.56 Å². The molecule has 0 saturated heterocycles. The molecule has 27 heavy (non-hydrogen) atoms. The highest BCUT2D eigenvalue weighted by molar-refractivity contribution is 5.94. The van der Waals surface area contributed by atoms with Crippen LogP contribution < -0.4 is 14.9 Å². The summed E-state index contributed by atoms with van der Waals surface area (Å²) in [5, 5.41) is 4.01. The number of amides is 1. The quantitative estimate of drug-likeness (QED) is 0.511. The Labute approximate surface area is 158 Å². The summed E-state index contributed by atoms with van der Waals surface area (Å²) < 4.78 is 11.2. The summed E-state index contributed by atoms with van der Waals surface area (Å²) in [7, 11) is 1.60. The Bertz CT molecular complexity index is 909. The molecule has 5 heteroatoms. The molecule has 3 rings (SSSR count). The van der Waals surface area contributed by atoms with Gasteiger partial charge in [0.2, 0.25) is 0 Å². The Kier molecular flexibility index (Phi) is 6.20. The number of hydrogen-bond acceptors (Lipinski definition) is 4. The maximum atomic E-state index is 12.0. The van der Waals surface area contributed by atoms with Gasteiger partial charge in [0.25, 0.3) is 5.91 Å². The van der Waals surface area contributed by atoms with Gasteiger partial charge in [0.05, 0.1) is 13.3 Å². The van der Waals surface area contributed by atoms with Crippen LogP contribution in [-0.4, -0.2) is 19.2 Å². The number of nitrogens with zero attached hydrogens (tertiary/aromatic N) is 1. The van der Waals surface area contributed by atoms with E-state index in [0.717, 1.165) is 11.1 Å². The molecular weight excluding hydrogens is 340 g/mol. The molecule has 0 aliphatic rings. The van der Waals surface area contributed by atoms with Crippen molar-refractivity contribution in [2.75, 3.05) is 7.11 Å². The summed E-state index contributed by atoms with van der Waals surface area (Å²) in [5.74, 6) is 0.983. The van der Waals surface area contributed by atoms with Gasteiger partial charge in [0.15, 0.2) is 11.5 Å². The number of carbonyl (C=O) groups excluding carboxylic acids is 1. The number of ether oxygens (including phenoxy) is 2. The number of hydrogen-bond donors (Lipinski definition) is 1. The van der Waals surface area contributed by atoms with Crippen LogP contribution in [0, 0.1) is 0 Å². The Morgan fingerprint density at radius 2 is 1.67 bits per heavy atom. The van der Waals surface area contributed by atoms with Crippen LogP contribution in [0.3, 0.4) is 0 Å². The van der Waals surface area contributed by atoms with Gasteiger partial charge in [-0.05, 0) is 41.5 Å². The van der Waals surface area contributed by atoms with E-state index in [0.29, 0.717) is 23.7 Å². The third-order valence-electron chi connectivity index (χ3n) is 3.84. The zero-order valence-corrected chi connectivity index (χ0v) is 15.0. The minimum absolute atomic E-state index is 0.263. The molecule has 1 N–H and O–H groups in total. The molecule has 0 aliphatic carbocycles. The van der Waals surface area contributed by atoms with Crippen LogP contribution in [0.15, 0.2) is 84.0 Å². The molecule has 0 aromatic heterocycles. The van der Waals surface area contributed by atoms with Crippen LogP contribution in [0.25, 0.3) is 0 Å². The Morgan fingerprint density at radius 3 is 2.37 bits per heavy atom. The molecule has 0 spiro atoms. The fraction of sp³-hybridized carbons (Fsp3) is 0.0909. The number of benzene rings is 3. The first-order valence-electron chi connectivity index (χ1n) is 8.49. The van der Waals surface area contributed by atoms with E-state index in [1.165, 1.54) is 0 Å². The van der Waals surface area contributed by atoms with Gasteiger partial charge in [-0.3, -0.25) is 4.79 Å². The molecular formula is C22H20N2O3. The fourth-order valence-corrected chi connectivity index (χ4v) is 2.44. The first-order valence-corrected chi connectivity index (χ1v) is 8.49. The molecule has 0 aliphatic heterocycles. The van der Waals surface area contributed by atoms with Crippen LogP contribution in [-0.2, 0) is 6.61 Å². The molecule has 0 fully saturated rings. The van der Waals surface area contributed by atoms with Crippen molar-refractivity contribution >= 4 is 12.1 Å². The molecule has 1 amide bonds. The highest BCUT2D eigenvalue weighted by Gasteiger charge is 2.06. The SMILES string of the molecule is COc1ccc(/C=N\NC(=O)c2ccccc2)cc1OCc1ccccc1. The lowest BCUT2D eigenvalue weighted by Crippen LogP contribution is -2.17. The third-order valence-corrected chi connectivity index (χ3v) is 3.84. The van der Waals surface area contributed by atoms with E-state index in [4.69, 9.17) is 9.47 Å². The van der Waals surface area contributed by atoms with Crippen molar-refractivity contribution in [2.24, 2.45) is 5.10 Å². The van der Waals surface area contributed by atoms with Crippen LogP contribution in [0.1, 0.15) is 21.5 Å². The predicted molar refractivity (Wildman–Crippen MR) is 105 cm³/mol. The normalized spacial score (nSPS) is 10.6. The third kappa shape index (κ3) is 5.19. The molecule has 136 valence electrons. The van der Waals surface area contributed by atoms with Crippen molar-refractivity contribution in [3.63, 3.8) is 0 Å². The summed E-state index contributed by atoms with van der Waals surface area (Å²) in [6, 6.07) is 24.3. The number of rotatable bonds is 7. The molecule has 0 bridgehead atoms. The molecule has 3 aromatic rings. The average Bonchev–Trinajstić information content (AvgIpc) is 2.73. The molecule has 0 heterocycles. The lowest BCUT2D eigenvalue weighted by Gasteiger charge is -2.11. The zero-order chi connectivity index (χ0) is 18.9. The summed E-state index contributed by atoms with van der Waals surface area (Å²) in [6.07, 6.45) is 1.57. The number of hydrazone groups is 1. The molecule has 0 saturated carbocycles. The summed E-state index contributed by atoms with van der Waals surface area (Å²) >= 11 is 0. The van der Waals surface area contributed by atoms with Crippen molar-refractivity contribution in [2.45, 2.75) is 6.61 Å². The summed E-state index contributed by atoms with van der Waals surface area (Å²) in [6.45, 7) is 0.433. The van der Waals surface area contributed by atoms with Crippen molar-refractivity contribution in [3.8, 4) is 11.5 Å². The second-order valence-corrected chi connectivity index (χ2v) is 5.75. The monoisotopic (exact) mass is 360 g/mol. The first-order chi connectivity index (χ1) is 13.3. The van der Waals surface area contributed by atoms with E-state index >= 15 is 0 Å². The molecule has 0 unspecified atom stereocenters. The standard InChI is InChI=1S/C22H20N2O3/c1-26-20-13-12-18(14-21(20)27-16-17-8-4-2-5-9-17)15-23-24-22(25)19-10-6-3-7-11-19/h2-15H,16H2,1H3,(H,24,25)/b23-15-. The van der Waals surface area contributed by atoms with Crippen LogP contribution in [0.4, 0.5) is 0 Å². The topological polar surface area (TPSA) is 59.9 Å². The maximum absolute atomic E-state index is 12.0. The minimum Gasteiger partial charge on any atom is -0.493 e. The van der Waals surface area contributed by atoms with Gasteiger partial charge < -0.3 is 9.47 Å². The number of methoxy groups -OCH3 is 1. The zero-order valence-electron chi connectivity index (χ0n) is 15.0. The van der Waals surface area contributed by atoms with Crippen molar-refractivity contribution < 1.29 is 14.3 Å². The average molecular weight is 360 g/mol. The molecule has 5 nitrogen and oxygen atoms in total. The van der Waals surface area contributed by atoms with Crippen LogP contribution in [0.2, 0.25) is 0 Å². The fourth-order valence-electron chi connectivity index (χ4n) is 2.44. The van der Waals surface area contributed by atoms with Crippen molar-refractivity contribution in [1.82, 2.24) is 5.43 Å². The molecule has 0 atom stereocenters. The summed E-state index contributed by atoms with van der Waals surface area (Å²) in [4.78, 5) is 12.0. The van der Waals surface area contributed by atoms with Gasteiger partial charge in [-0.25, -0.2) is 5.43 Å². The highest BCUT2D eigenvalue weighted by atomic mass is 16.5. The smallest absolute Gasteiger partial charge is 0.271 e. The van der Waals surface area contributed by atoms with E-state index in [-0.39, 0.29) is 5.91 Å². The van der Waals surface area contributed by atoms with E-state index < -0.39 is 0 Å². The first kappa shape index (κ1) is 18.2. The Morgan fingerprint density at radius 1 is 0.963 bits per heavy atom. The minimum atomic E-state index is -0.263.